The van der Waals surface area contributed by atoms with Crippen molar-refractivity contribution in [3.8, 4) is 11.5 Å². The van der Waals surface area contributed by atoms with Crippen LogP contribution in [0, 0.1) is 6.92 Å². The van der Waals surface area contributed by atoms with Crippen LogP contribution in [0.2, 0.25) is 0 Å². The van der Waals surface area contributed by atoms with Gasteiger partial charge in [0.2, 0.25) is 5.91 Å². The average molecular weight is 396 g/mol. The summed E-state index contributed by atoms with van der Waals surface area (Å²) >= 11 is 0. The van der Waals surface area contributed by atoms with Crippen molar-refractivity contribution >= 4 is 17.6 Å². The van der Waals surface area contributed by atoms with E-state index in [2.05, 4.69) is 5.10 Å². The second kappa shape index (κ2) is 8.77. The maximum Gasteiger partial charge on any atom is 0.303 e. The number of aliphatic carboxylic acids is 1. The van der Waals surface area contributed by atoms with Gasteiger partial charge in [0, 0.05) is 24.5 Å². The Labute approximate surface area is 169 Å². The summed E-state index contributed by atoms with van der Waals surface area (Å²) in [5, 5.41) is 14.9. The molecule has 0 aliphatic carbocycles. The first-order valence-corrected chi connectivity index (χ1v) is 9.33. The topological polar surface area (TPSA) is 88.4 Å². The zero-order valence-corrected chi connectivity index (χ0v) is 16.7. The number of methoxy groups -OCH3 is 2. The van der Waals surface area contributed by atoms with E-state index in [1.54, 1.807) is 20.3 Å². The fraction of sp³-hybridized carbons (Fsp3) is 0.318. The predicted octanol–water partition coefficient (Wildman–Crippen LogP) is 3.55. The summed E-state index contributed by atoms with van der Waals surface area (Å²) in [5.74, 6) is -0.117. The van der Waals surface area contributed by atoms with Gasteiger partial charge < -0.3 is 14.6 Å². The molecule has 1 aliphatic rings. The van der Waals surface area contributed by atoms with Gasteiger partial charge >= 0.3 is 5.97 Å². The van der Waals surface area contributed by atoms with Gasteiger partial charge in [-0.05, 0) is 24.6 Å². The maximum atomic E-state index is 12.8. The molecule has 2 aromatic rings. The monoisotopic (exact) mass is 396 g/mol. The van der Waals surface area contributed by atoms with Crippen molar-refractivity contribution < 1.29 is 24.2 Å². The zero-order valence-electron chi connectivity index (χ0n) is 16.7. The van der Waals surface area contributed by atoms with Crippen LogP contribution in [-0.2, 0) is 9.59 Å². The Morgan fingerprint density at radius 3 is 2.45 bits per heavy atom. The number of rotatable bonds is 7. The second-order valence-electron chi connectivity index (χ2n) is 6.87. The summed E-state index contributed by atoms with van der Waals surface area (Å²) in [7, 11) is 3.13. The number of hydrazone groups is 1. The van der Waals surface area contributed by atoms with Crippen LogP contribution in [0.4, 0.5) is 0 Å². The van der Waals surface area contributed by atoms with E-state index in [4.69, 9.17) is 14.6 Å². The second-order valence-corrected chi connectivity index (χ2v) is 6.87. The van der Waals surface area contributed by atoms with Gasteiger partial charge in [0.1, 0.15) is 11.5 Å². The third kappa shape index (κ3) is 4.56. The Morgan fingerprint density at radius 2 is 1.83 bits per heavy atom. The predicted molar refractivity (Wildman–Crippen MR) is 108 cm³/mol. The Kier molecular flexibility index (Phi) is 6.16. The molecular formula is C22H24N2O5. The molecular weight excluding hydrogens is 372 g/mol. The number of benzene rings is 2. The van der Waals surface area contributed by atoms with Crippen molar-refractivity contribution in [1.82, 2.24) is 5.01 Å². The van der Waals surface area contributed by atoms with E-state index in [1.807, 2.05) is 43.3 Å². The van der Waals surface area contributed by atoms with E-state index in [-0.39, 0.29) is 24.8 Å². The molecule has 0 bridgehead atoms. The van der Waals surface area contributed by atoms with Crippen LogP contribution < -0.4 is 9.47 Å². The molecule has 2 aromatic carbocycles. The van der Waals surface area contributed by atoms with Gasteiger partial charge in [-0.25, -0.2) is 5.01 Å². The molecule has 0 saturated heterocycles. The van der Waals surface area contributed by atoms with Crippen molar-refractivity contribution in [2.45, 2.75) is 32.2 Å². The molecule has 1 heterocycles. The molecule has 29 heavy (non-hydrogen) atoms. The van der Waals surface area contributed by atoms with E-state index in [0.29, 0.717) is 17.9 Å². The summed E-state index contributed by atoms with van der Waals surface area (Å²) < 4.78 is 10.8. The van der Waals surface area contributed by atoms with E-state index in [0.717, 1.165) is 22.4 Å². The van der Waals surface area contributed by atoms with Crippen molar-refractivity contribution in [2.24, 2.45) is 5.10 Å². The fourth-order valence-corrected chi connectivity index (χ4v) is 3.33. The highest BCUT2D eigenvalue weighted by molar-refractivity contribution is 6.03. The Bertz CT molecular complexity index is 937. The van der Waals surface area contributed by atoms with Gasteiger partial charge in [0.15, 0.2) is 0 Å². The summed E-state index contributed by atoms with van der Waals surface area (Å²) in [6.45, 7) is 2.01. The quantitative estimate of drug-likeness (QED) is 0.773. The minimum absolute atomic E-state index is 0.116. The third-order valence-corrected chi connectivity index (χ3v) is 4.90. The lowest BCUT2D eigenvalue weighted by atomic mass is 9.97. The first-order valence-electron chi connectivity index (χ1n) is 9.33. The first-order chi connectivity index (χ1) is 13.9. The van der Waals surface area contributed by atoms with Gasteiger partial charge in [-0.3, -0.25) is 9.59 Å². The van der Waals surface area contributed by atoms with E-state index >= 15 is 0 Å². The van der Waals surface area contributed by atoms with Gasteiger partial charge in [-0.2, -0.15) is 5.10 Å². The molecule has 1 N–H and O–H groups in total. The minimum atomic E-state index is -1.01. The van der Waals surface area contributed by atoms with E-state index < -0.39 is 5.97 Å². The highest BCUT2D eigenvalue weighted by Crippen LogP contribution is 2.39. The first kappa shape index (κ1) is 20.4. The van der Waals surface area contributed by atoms with Gasteiger partial charge in [-0.15, -0.1) is 0 Å². The fourth-order valence-electron chi connectivity index (χ4n) is 3.33. The Hall–Kier alpha value is -3.35. The highest BCUT2D eigenvalue weighted by atomic mass is 16.5. The number of nitrogens with zero attached hydrogens (tertiary/aromatic N) is 2. The van der Waals surface area contributed by atoms with Gasteiger partial charge in [0.25, 0.3) is 0 Å². The number of aryl methyl sites for hydroxylation is 1. The van der Waals surface area contributed by atoms with E-state index in [1.165, 1.54) is 5.01 Å². The number of ether oxygens (including phenoxy) is 2. The average Bonchev–Trinajstić information content (AvgIpc) is 3.17. The minimum Gasteiger partial charge on any atom is -0.497 e. The van der Waals surface area contributed by atoms with E-state index in [9.17, 15) is 9.59 Å². The van der Waals surface area contributed by atoms with Crippen LogP contribution in [0.25, 0.3) is 0 Å². The molecule has 3 rings (SSSR count). The number of carboxylic acid groups (broad SMARTS) is 1. The SMILES string of the molecule is COc1ccc([C@H]2CC(c3ccc(C)cc3)=NN2C(=O)CCC(=O)O)c(OC)c1. The molecule has 7 heteroatoms. The van der Waals surface area contributed by atoms with Crippen LogP contribution in [0.1, 0.15) is 42.0 Å². The third-order valence-electron chi connectivity index (χ3n) is 4.90. The smallest absolute Gasteiger partial charge is 0.303 e. The highest BCUT2D eigenvalue weighted by Gasteiger charge is 2.34. The molecule has 1 atom stereocenters. The number of hydrogen-bond acceptors (Lipinski definition) is 5. The molecule has 0 unspecified atom stereocenters. The number of amides is 1. The number of hydrogen-bond donors (Lipinski definition) is 1. The van der Waals surface area contributed by atoms with Crippen molar-refractivity contribution in [3.63, 3.8) is 0 Å². The van der Waals surface area contributed by atoms with Crippen LogP contribution >= 0.6 is 0 Å². The Balaban J connectivity index is 1.97. The molecule has 0 fully saturated rings. The zero-order chi connectivity index (χ0) is 21.0. The normalized spacial score (nSPS) is 15.8. The maximum absolute atomic E-state index is 12.8. The van der Waals surface area contributed by atoms with Crippen LogP contribution in [0.3, 0.4) is 0 Å². The van der Waals surface area contributed by atoms with Gasteiger partial charge in [0.05, 0.1) is 32.4 Å². The summed E-state index contributed by atoms with van der Waals surface area (Å²) in [6, 6.07) is 13.0. The Morgan fingerprint density at radius 1 is 1.10 bits per heavy atom. The molecule has 7 nitrogen and oxygen atoms in total. The molecule has 1 aliphatic heterocycles. The van der Waals surface area contributed by atoms with Crippen LogP contribution in [0.5, 0.6) is 11.5 Å². The van der Waals surface area contributed by atoms with Gasteiger partial charge in [-0.1, -0.05) is 29.8 Å². The summed E-state index contributed by atoms with van der Waals surface area (Å²) in [5.41, 5.74) is 3.64. The molecule has 0 saturated carbocycles. The molecule has 0 spiro atoms. The number of carbonyl (C=O) groups is 2. The standard InChI is InChI=1S/C22H24N2O5/c1-14-4-6-15(7-5-14)18-13-19(24(23-18)21(25)10-11-22(26)27)17-9-8-16(28-2)12-20(17)29-3/h4-9,12,19H,10-11,13H2,1-3H3,(H,26,27)/t19-/m1/s1. The van der Waals surface area contributed by atoms with Crippen molar-refractivity contribution in [3.05, 3.63) is 59.2 Å². The summed E-state index contributed by atoms with van der Waals surface area (Å²) in [6.07, 6.45) is 0.150. The lowest BCUT2D eigenvalue weighted by molar-refractivity contribution is -0.141. The molecule has 0 aromatic heterocycles. The van der Waals surface area contributed by atoms with Crippen LogP contribution in [-0.4, -0.2) is 41.9 Å². The van der Waals surface area contributed by atoms with Crippen molar-refractivity contribution in [1.29, 1.82) is 0 Å². The summed E-state index contributed by atoms with van der Waals surface area (Å²) in [4.78, 5) is 23.7. The van der Waals surface area contributed by atoms with Crippen molar-refractivity contribution in [2.75, 3.05) is 14.2 Å². The lowest BCUT2D eigenvalue weighted by Gasteiger charge is -2.23. The molecule has 152 valence electrons. The number of carbonyl (C=O) groups excluding carboxylic acids is 1. The molecule has 0 radical (unpaired) electrons. The largest absolute Gasteiger partial charge is 0.497 e. The number of carboxylic acids is 1. The lowest BCUT2D eigenvalue weighted by Crippen LogP contribution is -2.27. The molecule has 1 amide bonds. The van der Waals surface area contributed by atoms with Crippen LogP contribution in [0.15, 0.2) is 47.6 Å².